The van der Waals surface area contributed by atoms with E-state index in [4.69, 9.17) is 33.7 Å². The quantitative estimate of drug-likeness (QED) is 0.943. The molecule has 0 radical (unpaired) electrons. The maximum absolute atomic E-state index is 6.24. The van der Waals surface area contributed by atoms with Gasteiger partial charge in [-0.25, -0.2) is 0 Å². The Hall–Kier alpha value is -1.23. The highest BCUT2D eigenvalue weighted by molar-refractivity contribution is 6.39. The number of nitrogen functional groups attached to an aromatic ring is 1. The van der Waals surface area contributed by atoms with Gasteiger partial charge in [-0.2, -0.15) is 5.10 Å². The van der Waals surface area contributed by atoms with E-state index in [9.17, 15) is 0 Å². The summed E-state index contributed by atoms with van der Waals surface area (Å²) in [6, 6.07) is 5.38. The fourth-order valence-corrected chi connectivity index (χ4v) is 2.56. The first-order chi connectivity index (χ1) is 9.06. The Morgan fingerprint density at radius 3 is 2.47 bits per heavy atom. The smallest absolute Gasteiger partial charge is 0.129 e. The molecule has 0 aliphatic carbocycles. The van der Waals surface area contributed by atoms with E-state index in [2.05, 4.69) is 5.10 Å². The Labute approximate surface area is 122 Å². The number of benzene rings is 1. The van der Waals surface area contributed by atoms with Crippen molar-refractivity contribution < 1.29 is 4.74 Å². The number of hydrogen-bond donors (Lipinski definition) is 1. The molecule has 0 atom stereocenters. The maximum Gasteiger partial charge on any atom is 0.129 e. The van der Waals surface area contributed by atoms with Gasteiger partial charge in [0, 0.05) is 31.7 Å². The Kier molecular flexibility index (Phi) is 4.34. The fourth-order valence-electron chi connectivity index (χ4n) is 1.98. The third-order valence-corrected chi connectivity index (χ3v) is 3.55. The summed E-state index contributed by atoms with van der Waals surface area (Å²) >= 11 is 12.5. The van der Waals surface area contributed by atoms with Gasteiger partial charge in [0.25, 0.3) is 0 Å². The van der Waals surface area contributed by atoms with Crippen LogP contribution in [0.2, 0.25) is 10.0 Å². The minimum absolute atomic E-state index is 0.543. The molecule has 0 unspecified atom stereocenters. The van der Waals surface area contributed by atoms with Crippen molar-refractivity contribution in [1.29, 1.82) is 0 Å². The van der Waals surface area contributed by atoms with Crippen LogP contribution in [0, 0.1) is 0 Å². The van der Waals surface area contributed by atoms with Crippen molar-refractivity contribution in [3.63, 3.8) is 0 Å². The average Bonchev–Trinajstić information content (AvgIpc) is 2.64. The number of nitrogens with two attached hydrogens (primary N) is 1. The van der Waals surface area contributed by atoms with Crippen molar-refractivity contribution in [1.82, 2.24) is 9.78 Å². The second-order valence-corrected chi connectivity index (χ2v) is 4.98. The van der Waals surface area contributed by atoms with Gasteiger partial charge in [-0.05, 0) is 12.1 Å². The van der Waals surface area contributed by atoms with Crippen LogP contribution >= 0.6 is 23.2 Å². The molecule has 1 aromatic carbocycles. The molecule has 0 bridgehead atoms. The van der Waals surface area contributed by atoms with Crippen molar-refractivity contribution in [2.75, 3.05) is 19.5 Å². The Balaban J connectivity index is 2.60. The fraction of sp³-hybridized carbons (Fsp3) is 0.308. The Bertz CT molecular complexity index is 576. The molecular formula is C13H15Cl2N3O. The predicted octanol–water partition coefficient (Wildman–Crippen LogP) is 3.17. The first-order valence-corrected chi connectivity index (χ1v) is 6.56. The van der Waals surface area contributed by atoms with E-state index >= 15 is 0 Å². The third-order valence-electron chi connectivity index (χ3n) is 2.92. The van der Waals surface area contributed by atoms with E-state index < -0.39 is 0 Å². The molecule has 0 aliphatic heterocycles. The van der Waals surface area contributed by atoms with Gasteiger partial charge in [-0.3, -0.25) is 4.68 Å². The van der Waals surface area contributed by atoms with Crippen LogP contribution in [0.4, 0.5) is 5.82 Å². The average molecular weight is 300 g/mol. The summed E-state index contributed by atoms with van der Waals surface area (Å²) in [4.78, 5) is 0. The van der Waals surface area contributed by atoms with Crippen LogP contribution < -0.4 is 5.73 Å². The highest BCUT2D eigenvalue weighted by Gasteiger charge is 2.20. The van der Waals surface area contributed by atoms with Gasteiger partial charge in [0.05, 0.1) is 22.3 Å². The topological polar surface area (TPSA) is 53.1 Å². The Morgan fingerprint density at radius 2 is 1.89 bits per heavy atom. The van der Waals surface area contributed by atoms with Gasteiger partial charge < -0.3 is 10.5 Å². The molecule has 2 N–H and O–H groups in total. The first-order valence-electron chi connectivity index (χ1n) is 5.81. The molecule has 1 aromatic heterocycles. The van der Waals surface area contributed by atoms with Crippen molar-refractivity contribution >= 4 is 29.0 Å². The molecule has 0 saturated heterocycles. The molecule has 0 spiro atoms. The van der Waals surface area contributed by atoms with E-state index in [-0.39, 0.29) is 0 Å². The molecule has 102 valence electrons. The van der Waals surface area contributed by atoms with Crippen molar-refractivity contribution in [3.8, 4) is 11.1 Å². The van der Waals surface area contributed by atoms with Crippen molar-refractivity contribution in [2.24, 2.45) is 7.05 Å². The van der Waals surface area contributed by atoms with Crippen molar-refractivity contribution in [3.05, 3.63) is 33.9 Å². The number of nitrogens with zero attached hydrogens (tertiary/aromatic N) is 2. The number of hydrogen-bond acceptors (Lipinski definition) is 3. The zero-order valence-electron chi connectivity index (χ0n) is 10.8. The SMILES string of the molecule is COCCc1nn(C)c(N)c1-c1c(Cl)cccc1Cl. The summed E-state index contributed by atoms with van der Waals surface area (Å²) in [5.41, 5.74) is 8.43. The molecule has 6 heteroatoms. The van der Waals surface area contributed by atoms with Gasteiger partial charge in [0.2, 0.25) is 0 Å². The molecule has 0 saturated carbocycles. The molecule has 4 nitrogen and oxygen atoms in total. The number of methoxy groups -OCH3 is 1. The maximum atomic E-state index is 6.24. The molecule has 2 rings (SSSR count). The summed E-state index contributed by atoms with van der Waals surface area (Å²) in [7, 11) is 3.44. The lowest BCUT2D eigenvalue weighted by molar-refractivity contribution is 0.201. The standard InChI is InChI=1S/C13H15Cl2N3O/c1-18-13(16)12(10(17-18)6-7-19-2)11-8(14)4-3-5-9(11)15/h3-5H,6-7,16H2,1-2H3. The molecule has 0 aliphatic rings. The summed E-state index contributed by atoms with van der Waals surface area (Å²) < 4.78 is 6.72. The Morgan fingerprint density at radius 1 is 1.26 bits per heavy atom. The van der Waals surface area contributed by atoms with E-state index in [0.717, 1.165) is 16.8 Å². The van der Waals surface area contributed by atoms with E-state index in [1.807, 2.05) is 0 Å². The number of ether oxygens (including phenoxy) is 1. The van der Waals surface area contributed by atoms with Crippen LogP contribution in [0.15, 0.2) is 18.2 Å². The normalized spacial score (nSPS) is 10.9. The van der Waals surface area contributed by atoms with E-state index in [0.29, 0.717) is 28.9 Å². The second kappa shape index (κ2) is 5.82. The number of halogens is 2. The van der Waals surface area contributed by atoms with Gasteiger partial charge >= 0.3 is 0 Å². The van der Waals surface area contributed by atoms with Gasteiger partial charge in [0.1, 0.15) is 5.82 Å². The summed E-state index contributed by atoms with van der Waals surface area (Å²) in [5, 5.41) is 5.52. The molecule has 19 heavy (non-hydrogen) atoms. The number of anilines is 1. The van der Waals surface area contributed by atoms with Gasteiger partial charge in [-0.15, -0.1) is 0 Å². The molecule has 1 heterocycles. The summed E-state index contributed by atoms with van der Waals surface area (Å²) in [6.45, 7) is 0.561. The highest BCUT2D eigenvalue weighted by atomic mass is 35.5. The largest absolute Gasteiger partial charge is 0.384 e. The number of rotatable bonds is 4. The predicted molar refractivity (Wildman–Crippen MR) is 78.7 cm³/mol. The van der Waals surface area contributed by atoms with Crippen LogP contribution in [0.1, 0.15) is 5.69 Å². The zero-order chi connectivity index (χ0) is 14.0. The number of aryl methyl sites for hydroxylation is 1. The first kappa shape index (κ1) is 14.2. The molecule has 0 amide bonds. The lowest BCUT2D eigenvalue weighted by atomic mass is 10.0. The number of aromatic nitrogens is 2. The van der Waals surface area contributed by atoms with Crippen LogP contribution in [0.3, 0.4) is 0 Å². The minimum atomic E-state index is 0.543. The zero-order valence-corrected chi connectivity index (χ0v) is 12.3. The monoisotopic (exact) mass is 299 g/mol. The van der Waals surface area contributed by atoms with Crippen LogP contribution in [0.25, 0.3) is 11.1 Å². The van der Waals surface area contributed by atoms with Gasteiger partial charge in [-0.1, -0.05) is 29.3 Å². The van der Waals surface area contributed by atoms with E-state index in [1.54, 1.807) is 37.0 Å². The van der Waals surface area contributed by atoms with Crippen LogP contribution in [-0.4, -0.2) is 23.5 Å². The van der Waals surface area contributed by atoms with E-state index in [1.165, 1.54) is 0 Å². The highest BCUT2D eigenvalue weighted by Crippen LogP contribution is 2.39. The lowest BCUT2D eigenvalue weighted by Crippen LogP contribution is -1.98. The van der Waals surface area contributed by atoms with Crippen LogP contribution in [-0.2, 0) is 18.2 Å². The second-order valence-electron chi connectivity index (χ2n) is 4.17. The van der Waals surface area contributed by atoms with Gasteiger partial charge in [0.15, 0.2) is 0 Å². The summed E-state index contributed by atoms with van der Waals surface area (Å²) in [6.07, 6.45) is 0.651. The van der Waals surface area contributed by atoms with Crippen LogP contribution in [0.5, 0.6) is 0 Å². The van der Waals surface area contributed by atoms with Crippen molar-refractivity contribution in [2.45, 2.75) is 6.42 Å². The molecular weight excluding hydrogens is 285 g/mol. The molecule has 2 aromatic rings. The summed E-state index contributed by atoms with van der Waals surface area (Å²) in [5.74, 6) is 0.543. The third kappa shape index (κ3) is 2.71. The lowest BCUT2D eigenvalue weighted by Gasteiger charge is -2.08. The molecule has 0 fully saturated rings. The minimum Gasteiger partial charge on any atom is -0.384 e.